The summed E-state index contributed by atoms with van der Waals surface area (Å²) in [6, 6.07) is 1.20. The van der Waals surface area contributed by atoms with Crippen molar-refractivity contribution in [2.24, 2.45) is 5.92 Å². The van der Waals surface area contributed by atoms with Crippen LogP contribution >= 0.6 is 0 Å². The standard InChI is InChI=1S/C18H24N2O5/c1-24-18(23)15-10-12-4-2-3-5-14(12)20(15)16(21)6-8-19-17(22)13-7-9-25-11-13/h7,9,11-12,14-15H,2-6,8,10H2,1H3,(H,19,22). The SMILES string of the molecule is COC(=O)C1CC2CCCCC2N1C(=O)CCNC(=O)c1ccoc1. The van der Waals surface area contributed by atoms with Crippen molar-refractivity contribution in [3.8, 4) is 0 Å². The third-order valence-electron chi connectivity index (χ3n) is 5.26. The lowest BCUT2D eigenvalue weighted by molar-refractivity contribution is -0.152. The van der Waals surface area contributed by atoms with Crippen LogP contribution in [0.3, 0.4) is 0 Å². The summed E-state index contributed by atoms with van der Waals surface area (Å²) >= 11 is 0. The van der Waals surface area contributed by atoms with Gasteiger partial charge in [-0.3, -0.25) is 9.59 Å². The second kappa shape index (κ2) is 7.72. The molecule has 1 saturated carbocycles. The molecular formula is C18H24N2O5. The summed E-state index contributed by atoms with van der Waals surface area (Å²) in [5, 5.41) is 2.71. The summed E-state index contributed by atoms with van der Waals surface area (Å²) in [5.41, 5.74) is 0.424. The highest BCUT2D eigenvalue weighted by molar-refractivity contribution is 5.94. The molecule has 136 valence electrons. The van der Waals surface area contributed by atoms with E-state index in [1.807, 2.05) is 0 Å². The summed E-state index contributed by atoms with van der Waals surface area (Å²) in [7, 11) is 1.36. The molecule has 7 nitrogen and oxygen atoms in total. The van der Waals surface area contributed by atoms with E-state index in [0.717, 1.165) is 25.7 Å². The molecule has 25 heavy (non-hydrogen) atoms. The Morgan fingerprint density at radius 2 is 2.12 bits per heavy atom. The third kappa shape index (κ3) is 3.70. The van der Waals surface area contributed by atoms with Crippen LogP contribution in [0, 0.1) is 5.92 Å². The minimum absolute atomic E-state index is 0.0997. The van der Waals surface area contributed by atoms with Gasteiger partial charge in [0.2, 0.25) is 5.91 Å². The van der Waals surface area contributed by atoms with Crippen LogP contribution in [0.15, 0.2) is 23.0 Å². The Balaban J connectivity index is 1.60. The number of amides is 2. The number of methoxy groups -OCH3 is 1. The van der Waals surface area contributed by atoms with Gasteiger partial charge in [-0.25, -0.2) is 4.79 Å². The predicted molar refractivity (Wildman–Crippen MR) is 88.7 cm³/mol. The van der Waals surface area contributed by atoms with Crippen LogP contribution < -0.4 is 5.32 Å². The zero-order chi connectivity index (χ0) is 17.8. The number of nitrogens with one attached hydrogen (secondary N) is 1. The van der Waals surface area contributed by atoms with Gasteiger partial charge < -0.3 is 19.4 Å². The fourth-order valence-corrected chi connectivity index (χ4v) is 4.07. The maximum Gasteiger partial charge on any atom is 0.328 e. The number of likely N-dealkylation sites (tertiary alicyclic amines) is 1. The number of esters is 1. The molecule has 7 heteroatoms. The largest absolute Gasteiger partial charge is 0.472 e. The van der Waals surface area contributed by atoms with Gasteiger partial charge in [0.15, 0.2) is 0 Å². The van der Waals surface area contributed by atoms with E-state index in [1.165, 1.54) is 19.6 Å². The first kappa shape index (κ1) is 17.5. The smallest absolute Gasteiger partial charge is 0.328 e. The van der Waals surface area contributed by atoms with Crippen molar-refractivity contribution in [2.45, 2.75) is 50.6 Å². The van der Waals surface area contributed by atoms with E-state index in [9.17, 15) is 14.4 Å². The molecule has 0 spiro atoms. The number of ether oxygens (including phenoxy) is 1. The van der Waals surface area contributed by atoms with Crippen molar-refractivity contribution >= 4 is 17.8 Å². The Morgan fingerprint density at radius 1 is 1.32 bits per heavy atom. The highest BCUT2D eigenvalue weighted by Gasteiger charge is 2.47. The van der Waals surface area contributed by atoms with Gasteiger partial charge in [-0.15, -0.1) is 0 Å². The van der Waals surface area contributed by atoms with Gasteiger partial charge in [-0.2, -0.15) is 0 Å². The molecule has 0 radical (unpaired) electrons. The summed E-state index contributed by atoms with van der Waals surface area (Å²) < 4.78 is 9.77. The minimum Gasteiger partial charge on any atom is -0.472 e. The Kier molecular flexibility index (Phi) is 5.40. The van der Waals surface area contributed by atoms with E-state index in [0.29, 0.717) is 17.9 Å². The van der Waals surface area contributed by atoms with Crippen molar-refractivity contribution in [3.63, 3.8) is 0 Å². The third-order valence-corrected chi connectivity index (χ3v) is 5.26. The van der Waals surface area contributed by atoms with Crippen LogP contribution in [-0.4, -0.2) is 48.4 Å². The fourth-order valence-electron chi connectivity index (χ4n) is 4.07. The molecule has 3 atom stereocenters. The second-order valence-electron chi connectivity index (χ2n) is 6.71. The van der Waals surface area contributed by atoms with Crippen molar-refractivity contribution < 1.29 is 23.5 Å². The number of carbonyl (C=O) groups excluding carboxylic acids is 3. The van der Waals surface area contributed by atoms with E-state index >= 15 is 0 Å². The molecule has 1 aliphatic carbocycles. The normalized spacial score (nSPS) is 25.3. The highest BCUT2D eigenvalue weighted by atomic mass is 16.5. The van der Waals surface area contributed by atoms with Gasteiger partial charge in [0.25, 0.3) is 5.91 Å². The maximum absolute atomic E-state index is 12.7. The van der Waals surface area contributed by atoms with E-state index in [1.54, 1.807) is 11.0 Å². The Hall–Kier alpha value is -2.31. The van der Waals surface area contributed by atoms with Crippen molar-refractivity contribution in [3.05, 3.63) is 24.2 Å². The zero-order valence-corrected chi connectivity index (χ0v) is 14.4. The summed E-state index contributed by atoms with van der Waals surface area (Å²) in [4.78, 5) is 38.5. The molecule has 1 aromatic heterocycles. The van der Waals surface area contributed by atoms with Crippen LogP contribution in [0.1, 0.15) is 48.9 Å². The van der Waals surface area contributed by atoms with E-state index in [2.05, 4.69) is 5.32 Å². The van der Waals surface area contributed by atoms with Crippen LogP contribution in [0.2, 0.25) is 0 Å². The van der Waals surface area contributed by atoms with Gasteiger partial charge in [0.05, 0.1) is 18.9 Å². The number of hydrogen-bond donors (Lipinski definition) is 1. The first-order chi connectivity index (χ1) is 12.1. The molecule has 3 rings (SSSR count). The number of rotatable bonds is 5. The number of carbonyl (C=O) groups is 3. The molecule has 2 aliphatic rings. The topological polar surface area (TPSA) is 88.9 Å². The quantitative estimate of drug-likeness (QED) is 0.819. The van der Waals surface area contributed by atoms with Crippen molar-refractivity contribution in [1.82, 2.24) is 10.2 Å². The minimum atomic E-state index is -0.491. The van der Waals surface area contributed by atoms with Crippen LogP contribution in [-0.2, 0) is 14.3 Å². The lowest BCUT2D eigenvalue weighted by Gasteiger charge is -2.33. The molecular weight excluding hydrogens is 324 g/mol. The monoisotopic (exact) mass is 348 g/mol. The van der Waals surface area contributed by atoms with Crippen molar-refractivity contribution in [1.29, 1.82) is 0 Å². The Labute approximate surface area is 146 Å². The van der Waals surface area contributed by atoms with E-state index < -0.39 is 6.04 Å². The fraction of sp³-hybridized carbons (Fsp3) is 0.611. The molecule has 2 fully saturated rings. The van der Waals surface area contributed by atoms with Crippen LogP contribution in [0.5, 0.6) is 0 Å². The molecule has 2 amide bonds. The lowest BCUT2D eigenvalue weighted by Crippen LogP contribution is -2.47. The molecule has 1 N–H and O–H groups in total. The van der Waals surface area contributed by atoms with Gasteiger partial charge >= 0.3 is 5.97 Å². The first-order valence-corrected chi connectivity index (χ1v) is 8.81. The molecule has 1 aromatic rings. The van der Waals surface area contributed by atoms with E-state index in [-0.39, 0.29) is 36.8 Å². The van der Waals surface area contributed by atoms with Gasteiger partial charge in [0.1, 0.15) is 12.3 Å². The Bertz CT molecular complexity index is 627. The number of nitrogens with zero attached hydrogens (tertiary/aromatic N) is 1. The molecule has 3 unspecified atom stereocenters. The first-order valence-electron chi connectivity index (χ1n) is 8.81. The van der Waals surface area contributed by atoms with Gasteiger partial charge in [-0.1, -0.05) is 12.8 Å². The maximum atomic E-state index is 12.7. The number of hydrogen-bond acceptors (Lipinski definition) is 5. The second-order valence-corrected chi connectivity index (χ2v) is 6.71. The zero-order valence-electron chi connectivity index (χ0n) is 14.4. The van der Waals surface area contributed by atoms with Crippen LogP contribution in [0.25, 0.3) is 0 Å². The molecule has 1 saturated heterocycles. The summed E-state index contributed by atoms with van der Waals surface area (Å²) in [5.74, 6) is -0.340. The number of furan rings is 1. The summed E-state index contributed by atoms with van der Waals surface area (Å²) in [6.45, 7) is 0.227. The molecule has 1 aliphatic heterocycles. The predicted octanol–water partition coefficient (Wildman–Crippen LogP) is 1.73. The average molecular weight is 348 g/mol. The van der Waals surface area contributed by atoms with Gasteiger partial charge in [0, 0.05) is 19.0 Å². The lowest BCUT2D eigenvalue weighted by atomic mass is 9.84. The van der Waals surface area contributed by atoms with Gasteiger partial charge in [-0.05, 0) is 31.2 Å². The number of fused-ring (bicyclic) bond motifs is 1. The summed E-state index contributed by atoms with van der Waals surface area (Å²) in [6.07, 6.45) is 7.86. The molecule has 0 aromatic carbocycles. The van der Waals surface area contributed by atoms with E-state index in [4.69, 9.17) is 9.15 Å². The average Bonchev–Trinajstić information content (AvgIpc) is 3.28. The molecule has 2 heterocycles. The highest BCUT2D eigenvalue weighted by Crippen LogP contribution is 2.40. The van der Waals surface area contributed by atoms with Crippen molar-refractivity contribution in [2.75, 3.05) is 13.7 Å². The van der Waals surface area contributed by atoms with Crippen LogP contribution in [0.4, 0.5) is 0 Å². The Morgan fingerprint density at radius 3 is 2.84 bits per heavy atom. The molecule has 0 bridgehead atoms.